The van der Waals surface area contributed by atoms with Crippen LogP contribution in [-0.2, 0) is 60.7 Å². The van der Waals surface area contributed by atoms with Crippen molar-refractivity contribution in [3.05, 3.63) is 327 Å². The van der Waals surface area contributed by atoms with Gasteiger partial charge in [0.1, 0.15) is 6.61 Å². The van der Waals surface area contributed by atoms with E-state index in [4.69, 9.17) is 33.5 Å². The Morgan fingerprint density at radius 2 is 0.752 bits per heavy atom. The summed E-state index contributed by atoms with van der Waals surface area (Å²) in [5.41, 5.74) is -3.55. The molecule has 42 heteroatoms. The van der Waals surface area contributed by atoms with E-state index >= 15 is 0 Å². The fraction of sp³-hybridized carbons (Fsp3) is 0.297. The molecular formula is C91H87F31O11. The minimum Gasteiger partial charge on any atom is -0.462 e. The van der Waals surface area contributed by atoms with Crippen molar-refractivity contribution in [3.8, 4) is 0 Å². The minimum atomic E-state index is -6.36. The Morgan fingerprint density at radius 3 is 1.05 bits per heavy atom. The molecule has 0 heterocycles. The number of alkyl halides is 18. The summed E-state index contributed by atoms with van der Waals surface area (Å²) in [4.78, 5) is 80.8. The number of ketones is 1. The largest absolute Gasteiger partial charge is 0.462 e. The van der Waals surface area contributed by atoms with E-state index in [1.54, 1.807) is 12.2 Å². The van der Waals surface area contributed by atoms with Gasteiger partial charge in [0.05, 0.1) is 55.4 Å². The Kier molecular flexibility index (Phi) is 64.5. The molecule has 6 aromatic carbocycles. The van der Waals surface area contributed by atoms with Gasteiger partial charge in [-0.3, -0.25) is 4.79 Å². The van der Waals surface area contributed by atoms with Crippen LogP contribution in [0.1, 0.15) is 129 Å². The SMILES string of the molecule is C=CC.C=CC.C=CC(=O)OCC1(F)CC(F)(F)C(F)(F)C(F)(F)C1.C=CC(=O)OCC1CCCCC1.C=CC(F)(F)CC(F)(F)CC(F)(F)CC(F)(F)C(F)(F)F.C=CCc1c(F)c(F)cc(F)c1F.C=CCc1ccccc1.C=Cc1c(F)c(F)c(C(C)=O)c(F)c1F.C=Cc1c(F)c(F)c(F)c(F)c1F.C=Cc1ccccc1.C=Cc1ccccc1.O=C=O.O=C=O.O=C=O. The molecule has 6 aromatic rings. The van der Waals surface area contributed by atoms with Crippen molar-refractivity contribution in [2.75, 3.05) is 13.2 Å². The van der Waals surface area contributed by atoms with Gasteiger partial charge in [0, 0.05) is 23.8 Å². The number of allylic oxidation sites excluding steroid dienone is 5. The predicted molar refractivity (Wildman–Crippen MR) is 430 cm³/mol. The summed E-state index contributed by atoms with van der Waals surface area (Å²) in [5.74, 6) is -60.4. The highest BCUT2D eigenvalue weighted by Gasteiger charge is 2.78. The molecule has 2 aliphatic rings. The first-order chi connectivity index (χ1) is 61.5. The molecule has 11 nitrogen and oxygen atoms in total. The first kappa shape index (κ1) is 131. The quantitative estimate of drug-likeness (QED) is 0.0120. The van der Waals surface area contributed by atoms with Crippen molar-refractivity contribution in [1.29, 1.82) is 0 Å². The molecule has 133 heavy (non-hydrogen) atoms. The van der Waals surface area contributed by atoms with Gasteiger partial charge in [-0.2, -0.15) is 77.1 Å². The summed E-state index contributed by atoms with van der Waals surface area (Å²) < 4.78 is 402. The zero-order chi connectivity index (χ0) is 105. The molecule has 0 saturated heterocycles. The van der Waals surface area contributed by atoms with Crippen LogP contribution < -0.4 is 0 Å². The highest BCUT2D eigenvalue weighted by atomic mass is 19.4. The third-order valence-electron chi connectivity index (χ3n) is 15.3. The zero-order valence-electron chi connectivity index (χ0n) is 70.6. The number of rotatable bonds is 22. The van der Waals surface area contributed by atoms with Crippen LogP contribution in [0.15, 0.2) is 212 Å². The second-order valence-corrected chi connectivity index (χ2v) is 25.8. The molecule has 0 spiro atoms. The number of carbonyl (C=O) groups is 3. The van der Waals surface area contributed by atoms with Crippen LogP contribution in [0.4, 0.5) is 136 Å². The highest BCUT2D eigenvalue weighted by Crippen LogP contribution is 2.58. The van der Waals surface area contributed by atoms with Crippen molar-refractivity contribution in [2.45, 2.75) is 151 Å². The van der Waals surface area contributed by atoms with E-state index in [2.05, 4.69) is 89.2 Å². The maximum absolute atomic E-state index is 13.8. The standard InChI is InChI=1S/C10H9F11.C10H9F7O2.C10H6F4O.C10H16O2.C9H6F4.C9H10.C8H3F5.2C8H8.2C3H6.3CO2/c1-2-6(11,12)3-7(13,14)4-8(15,16)5-9(17,18)10(19,20)21;1-2-6(18)19-5-7(11)3-8(12,13)10(16,17)9(14,15)4-7;1-3-5-7(11)9(13)6(4(2)15)10(14)8(5)12;1-2-10(11)12-8-9-6-4-3-5-7-9;1-2-3-5-8(12)6(10)4-7(11)9(5)13;1-2-6-9-7-4-3-5-8-9;1-2-3-4(9)6(11)8(13)7(12)5(3)10;2*1-2-8-6-4-3-5-7-8;2*1-3-2;3*2-1-3/h2H,1,3-5H2;2H,1,3-5H2;3H,1H2,2H3;2,9H,1,3-8H2;2,4H,1,3H2;2-5,7-8H,1,6H2;2H,1H2;2*2-7H,1H2;2*3H,1H2,2H3;;;. The van der Waals surface area contributed by atoms with E-state index in [0.717, 1.165) is 13.3 Å². The van der Waals surface area contributed by atoms with E-state index in [1.807, 2.05) is 111 Å². The smallest absolute Gasteiger partial charge is 0.453 e. The first-order valence-electron chi connectivity index (χ1n) is 36.8. The van der Waals surface area contributed by atoms with E-state index in [9.17, 15) is 150 Å². The number of benzene rings is 6. The molecule has 0 amide bonds. The monoisotopic (exact) mass is 1940 g/mol. The van der Waals surface area contributed by atoms with Gasteiger partial charge in [0.15, 0.2) is 81.3 Å². The molecule has 2 aliphatic carbocycles. The zero-order valence-corrected chi connectivity index (χ0v) is 70.6. The topological polar surface area (TPSA) is 172 Å². The average molecular weight is 1950 g/mol. The molecule has 0 aliphatic heterocycles. The van der Waals surface area contributed by atoms with Crippen molar-refractivity contribution in [2.24, 2.45) is 5.92 Å². The van der Waals surface area contributed by atoms with E-state index in [1.165, 1.54) is 60.9 Å². The van der Waals surface area contributed by atoms with Crippen LogP contribution in [0.25, 0.3) is 24.3 Å². The third kappa shape index (κ3) is 50.3. The molecule has 8 rings (SSSR count). The van der Waals surface area contributed by atoms with Gasteiger partial charge in [0.25, 0.3) is 17.8 Å². The van der Waals surface area contributed by atoms with Crippen LogP contribution in [0, 0.1) is 81.5 Å². The molecule has 0 atom stereocenters. The predicted octanol–water partition coefficient (Wildman–Crippen LogP) is 27.7. The van der Waals surface area contributed by atoms with Gasteiger partial charge < -0.3 is 9.47 Å². The van der Waals surface area contributed by atoms with Gasteiger partial charge in [-0.1, -0.05) is 205 Å². The number of Topliss-reactive ketones (excluding diaryl/α,β-unsaturated/α-hetero) is 1. The van der Waals surface area contributed by atoms with E-state index < -0.39 is 202 Å². The normalized spacial score (nSPS) is 13.0. The van der Waals surface area contributed by atoms with Crippen LogP contribution in [0.3, 0.4) is 0 Å². The third-order valence-corrected chi connectivity index (χ3v) is 15.3. The van der Waals surface area contributed by atoms with Crippen LogP contribution in [-0.4, -0.2) is 103 Å². The Hall–Kier alpha value is -13.0. The number of ether oxygens (including phenoxy) is 2. The molecule has 2 saturated carbocycles. The molecule has 0 aromatic heterocycles. The summed E-state index contributed by atoms with van der Waals surface area (Å²) >= 11 is 0. The molecular weight excluding hydrogens is 1860 g/mol. The van der Waals surface area contributed by atoms with Gasteiger partial charge in [-0.25, -0.2) is 97.4 Å². The van der Waals surface area contributed by atoms with Gasteiger partial charge in [-0.05, 0) is 75.1 Å². The first-order valence-corrected chi connectivity index (χ1v) is 36.8. The summed E-state index contributed by atoms with van der Waals surface area (Å²) in [6.45, 7) is 39.2. The lowest BCUT2D eigenvalue weighted by atomic mass is 9.79. The van der Waals surface area contributed by atoms with Crippen LogP contribution >= 0.6 is 0 Å². The number of hydrogen-bond acceptors (Lipinski definition) is 11. The van der Waals surface area contributed by atoms with E-state index in [0.29, 0.717) is 30.8 Å². The Labute approximate surface area is 743 Å². The second-order valence-electron chi connectivity index (χ2n) is 25.8. The summed E-state index contributed by atoms with van der Waals surface area (Å²) in [6.07, 6.45) is 1.50. The van der Waals surface area contributed by atoms with Crippen molar-refractivity contribution >= 4 is 60.5 Å². The summed E-state index contributed by atoms with van der Waals surface area (Å²) in [5, 5.41) is 0. The Balaban J connectivity index is -0.000000338. The lowest BCUT2D eigenvalue weighted by Gasteiger charge is -2.43. The van der Waals surface area contributed by atoms with E-state index in [-0.39, 0.29) is 43.0 Å². The minimum absolute atomic E-state index is 0.178. The van der Waals surface area contributed by atoms with Crippen molar-refractivity contribution in [3.63, 3.8) is 0 Å². The molecule has 0 unspecified atom stereocenters. The number of halogens is 31. The molecule has 2 fully saturated rings. The lowest BCUT2D eigenvalue weighted by molar-refractivity contribution is -0.351. The number of esters is 2. The average Bonchev–Trinajstić information content (AvgIpc) is 0.725. The summed E-state index contributed by atoms with van der Waals surface area (Å²) in [7, 11) is 0. The maximum atomic E-state index is 13.8. The number of carbonyl (C=O) groups excluding carboxylic acids is 9. The Bertz CT molecular complexity index is 4580. The second kappa shape index (κ2) is 65.6. The fourth-order valence-corrected chi connectivity index (χ4v) is 9.51. The number of hydrogen-bond donors (Lipinski definition) is 0. The van der Waals surface area contributed by atoms with Gasteiger partial charge >= 0.3 is 60.3 Å². The van der Waals surface area contributed by atoms with Crippen molar-refractivity contribution in [1.82, 2.24) is 0 Å². The molecule has 734 valence electrons. The van der Waals surface area contributed by atoms with Gasteiger partial charge in [-0.15, -0.1) is 26.3 Å². The lowest BCUT2D eigenvalue weighted by Crippen LogP contribution is -2.64. The molecule has 0 bridgehead atoms. The molecule has 0 N–H and O–H groups in total. The maximum Gasteiger partial charge on any atom is 0.453 e. The highest BCUT2D eigenvalue weighted by molar-refractivity contribution is 5.95. The van der Waals surface area contributed by atoms with Crippen LogP contribution in [0.2, 0.25) is 0 Å². The van der Waals surface area contributed by atoms with Crippen LogP contribution in [0.5, 0.6) is 0 Å². The fourth-order valence-electron chi connectivity index (χ4n) is 9.51. The van der Waals surface area contributed by atoms with Crippen molar-refractivity contribution < 1.29 is 189 Å². The summed E-state index contributed by atoms with van der Waals surface area (Å²) in [6, 6.07) is 30.5. The van der Waals surface area contributed by atoms with Gasteiger partial charge in [0.2, 0.25) is 5.82 Å². The molecule has 0 radical (unpaired) electrons. The Morgan fingerprint density at radius 1 is 0.429 bits per heavy atom.